The largest absolute Gasteiger partial charge is 0.339 e. The van der Waals surface area contributed by atoms with E-state index < -0.39 is 0 Å². The van der Waals surface area contributed by atoms with Gasteiger partial charge < -0.3 is 4.90 Å². The summed E-state index contributed by atoms with van der Waals surface area (Å²) in [7, 11) is 0. The monoisotopic (exact) mass is 309 g/mol. The van der Waals surface area contributed by atoms with Gasteiger partial charge in [-0.05, 0) is 56.5 Å². The molecule has 23 heavy (non-hydrogen) atoms. The summed E-state index contributed by atoms with van der Waals surface area (Å²) in [4.78, 5) is 26.3. The Labute approximate surface area is 137 Å². The summed E-state index contributed by atoms with van der Waals surface area (Å²) in [6.07, 6.45) is 0. The van der Waals surface area contributed by atoms with E-state index in [4.69, 9.17) is 0 Å². The summed E-state index contributed by atoms with van der Waals surface area (Å²) >= 11 is 0. The van der Waals surface area contributed by atoms with Crippen LogP contribution in [0.25, 0.3) is 11.1 Å². The molecule has 0 N–H and O–H groups in total. The molecular formula is C20H23NO2. The molecule has 0 fully saturated rings. The van der Waals surface area contributed by atoms with Crippen molar-refractivity contribution in [3.05, 3.63) is 59.2 Å². The first kappa shape index (κ1) is 16.9. The van der Waals surface area contributed by atoms with Crippen molar-refractivity contribution >= 4 is 11.7 Å². The molecule has 3 heteroatoms. The molecule has 2 aromatic carbocycles. The fraction of sp³-hybridized carbons (Fsp3) is 0.300. The van der Waals surface area contributed by atoms with Crippen LogP contribution in [0.15, 0.2) is 42.5 Å². The fourth-order valence-corrected chi connectivity index (χ4v) is 2.80. The second-order valence-corrected chi connectivity index (χ2v) is 5.61. The quantitative estimate of drug-likeness (QED) is 0.770. The lowest BCUT2D eigenvalue weighted by atomic mass is 9.92. The maximum Gasteiger partial charge on any atom is 0.254 e. The molecule has 0 saturated heterocycles. The molecule has 0 bridgehead atoms. The minimum Gasteiger partial charge on any atom is -0.339 e. The minimum atomic E-state index is 0.0250. The normalized spacial score (nSPS) is 10.4. The molecular weight excluding hydrogens is 286 g/mol. The van der Waals surface area contributed by atoms with Gasteiger partial charge in [-0.15, -0.1) is 0 Å². The zero-order chi connectivity index (χ0) is 17.0. The predicted octanol–water partition coefficient (Wildman–Crippen LogP) is 4.35. The second-order valence-electron chi connectivity index (χ2n) is 5.61. The van der Waals surface area contributed by atoms with Crippen molar-refractivity contribution in [2.45, 2.75) is 27.7 Å². The van der Waals surface area contributed by atoms with Crippen molar-refractivity contribution in [3.8, 4) is 11.1 Å². The van der Waals surface area contributed by atoms with Crippen LogP contribution in [0.1, 0.15) is 47.1 Å². The van der Waals surface area contributed by atoms with Gasteiger partial charge in [0.2, 0.25) is 0 Å². The van der Waals surface area contributed by atoms with E-state index in [0.29, 0.717) is 24.2 Å². The molecule has 0 spiro atoms. The summed E-state index contributed by atoms with van der Waals surface area (Å²) in [5, 5.41) is 0. The van der Waals surface area contributed by atoms with Gasteiger partial charge in [0, 0.05) is 24.2 Å². The van der Waals surface area contributed by atoms with Crippen LogP contribution < -0.4 is 0 Å². The van der Waals surface area contributed by atoms with Gasteiger partial charge in [-0.1, -0.05) is 30.3 Å². The predicted molar refractivity (Wildman–Crippen MR) is 93.9 cm³/mol. The number of ketones is 1. The molecule has 3 nitrogen and oxygen atoms in total. The van der Waals surface area contributed by atoms with Crippen LogP contribution in [0, 0.1) is 6.92 Å². The Morgan fingerprint density at radius 2 is 1.65 bits per heavy atom. The van der Waals surface area contributed by atoms with Crippen LogP contribution in [-0.2, 0) is 0 Å². The van der Waals surface area contributed by atoms with E-state index in [9.17, 15) is 9.59 Å². The van der Waals surface area contributed by atoms with Crippen LogP contribution in [0.3, 0.4) is 0 Å². The number of hydrogen-bond acceptors (Lipinski definition) is 2. The summed E-state index contributed by atoms with van der Waals surface area (Å²) in [6, 6.07) is 13.3. The Kier molecular flexibility index (Phi) is 5.32. The van der Waals surface area contributed by atoms with E-state index in [0.717, 1.165) is 16.7 Å². The molecule has 0 radical (unpaired) electrons. The van der Waals surface area contributed by atoms with Crippen LogP contribution in [0.2, 0.25) is 0 Å². The van der Waals surface area contributed by atoms with Gasteiger partial charge in [-0.3, -0.25) is 9.59 Å². The third-order valence-corrected chi connectivity index (χ3v) is 4.11. The number of Topliss-reactive ketones (excluding diaryl/α,β-unsaturated/α-hetero) is 1. The minimum absolute atomic E-state index is 0.0250. The van der Waals surface area contributed by atoms with Gasteiger partial charge in [0.05, 0.1) is 0 Å². The Morgan fingerprint density at radius 1 is 1.00 bits per heavy atom. The average Bonchev–Trinajstić information content (AvgIpc) is 2.55. The highest BCUT2D eigenvalue weighted by Gasteiger charge is 2.19. The zero-order valence-electron chi connectivity index (χ0n) is 14.2. The van der Waals surface area contributed by atoms with Crippen molar-refractivity contribution in [2.24, 2.45) is 0 Å². The SMILES string of the molecule is CCN(CC)C(=O)c1cccc(C)c1-c1cccc(C(C)=O)c1. The van der Waals surface area contributed by atoms with Crippen molar-refractivity contribution < 1.29 is 9.59 Å². The van der Waals surface area contributed by atoms with E-state index in [1.807, 2.05) is 62.1 Å². The maximum absolute atomic E-state index is 12.8. The fourth-order valence-electron chi connectivity index (χ4n) is 2.80. The van der Waals surface area contributed by atoms with E-state index in [-0.39, 0.29) is 11.7 Å². The lowest BCUT2D eigenvalue weighted by Gasteiger charge is -2.21. The first-order chi connectivity index (χ1) is 11.0. The number of nitrogens with zero attached hydrogens (tertiary/aromatic N) is 1. The average molecular weight is 309 g/mol. The second kappa shape index (κ2) is 7.23. The molecule has 2 rings (SSSR count). The lowest BCUT2D eigenvalue weighted by Crippen LogP contribution is -2.31. The van der Waals surface area contributed by atoms with Crippen molar-refractivity contribution in [2.75, 3.05) is 13.1 Å². The summed E-state index contributed by atoms with van der Waals surface area (Å²) in [6.45, 7) is 8.86. The van der Waals surface area contributed by atoms with Crippen LogP contribution >= 0.6 is 0 Å². The molecule has 0 aromatic heterocycles. The number of rotatable bonds is 5. The highest BCUT2D eigenvalue weighted by Crippen LogP contribution is 2.29. The number of hydrogen-bond donors (Lipinski definition) is 0. The molecule has 0 unspecified atom stereocenters. The molecule has 1 amide bonds. The summed E-state index contributed by atoms with van der Waals surface area (Å²) < 4.78 is 0. The third kappa shape index (κ3) is 3.50. The molecule has 0 aliphatic rings. The van der Waals surface area contributed by atoms with Crippen LogP contribution in [0.5, 0.6) is 0 Å². The maximum atomic E-state index is 12.8. The molecule has 0 aliphatic heterocycles. The van der Waals surface area contributed by atoms with E-state index in [1.54, 1.807) is 13.0 Å². The number of aryl methyl sites for hydroxylation is 1. The Balaban J connectivity index is 2.61. The Morgan fingerprint density at radius 3 is 2.26 bits per heavy atom. The molecule has 0 atom stereocenters. The van der Waals surface area contributed by atoms with Gasteiger partial charge in [-0.2, -0.15) is 0 Å². The number of carbonyl (C=O) groups is 2. The number of amides is 1. The topological polar surface area (TPSA) is 37.4 Å². The van der Waals surface area contributed by atoms with Crippen molar-refractivity contribution in [1.29, 1.82) is 0 Å². The van der Waals surface area contributed by atoms with E-state index in [2.05, 4.69) is 0 Å². The van der Waals surface area contributed by atoms with Gasteiger partial charge in [0.1, 0.15) is 0 Å². The lowest BCUT2D eigenvalue weighted by molar-refractivity contribution is 0.0773. The number of benzene rings is 2. The zero-order valence-corrected chi connectivity index (χ0v) is 14.2. The van der Waals surface area contributed by atoms with Gasteiger partial charge in [0.25, 0.3) is 5.91 Å². The smallest absolute Gasteiger partial charge is 0.254 e. The number of carbonyl (C=O) groups excluding carboxylic acids is 2. The van der Waals surface area contributed by atoms with Gasteiger partial charge in [-0.25, -0.2) is 0 Å². The molecule has 0 heterocycles. The highest BCUT2D eigenvalue weighted by atomic mass is 16.2. The Bertz CT molecular complexity index is 730. The molecule has 0 saturated carbocycles. The first-order valence-corrected chi connectivity index (χ1v) is 7.99. The van der Waals surface area contributed by atoms with Crippen LogP contribution in [0.4, 0.5) is 0 Å². The highest BCUT2D eigenvalue weighted by molar-refractivity contribution is 6.02. The van der Waals surface area contributed by atoms with Crippen molar-refractivity contribution in [1.82, 2.24) is 4.90 Å². The van der Waals surface area contributed by atoms with Gasteiger partial charge in [0.15, 0.2) is 5.78 Å². The molecule has 2 aromatic rings. The Hall–Kier alpha value is -2.42. The van der Waals surface area contributed by atoms with E-state index in [1.165, 1.54) is 0 Å². The van der Waals surface area contributed by atoms with Crippen molar-refractivity contribution in [3.63, 3.8) is 0 Å². The molecule has 120 valence electrons. The molecule has 0 aliphatic carbocycles. The standard InChI is InChI=1S/C20H23NO2/c1-5-21(6-2)20(23)18-12-7-9-14(3)19(18)17-11-8-10-16(13-17)15(4)22/h7-13H,5-6H2,1-4H3. The third-order valence-electron chi connectivity index (χ3n) is 4.11. The van der Waals surface area contributed by atoms with Gasteiger partial charge >= 0.3 is 0 Å². The first-order valence-electron chi connectivity index (χ1n) is 7.99. The summed E-state index contributed by atoms with van der Waals surface area (Å²) in [5.41, 5.74) is 4.20. The summed E-state index contributed by atoms with van der Waals surface area (Å²) in [5.74, 6) is 0.0546. The van der Waals surface area contributed by atoms with E-state index >= 15 is 0 Å². The van der Waals surface area contributed by atoms with Crippen LogP contribution in [-0.4, -0.2) is 29.7 Å².